The Labute approximate surface area is 100 Å². The average molecular weight is 223 g/mol. The van der Waals surface area contributed by atoms with Gasteiger partial charge in [-0.15, -0.1) is 0 Å². The molecule has 0 radical (unpaired) electrons. The first kappa shape index (κ1) is 10.2. The summed E-state index contributed by atoms with van der Waals surface area (Å²) in [6, 6.07) is 16.2. The van der Waals surface area contributed by atoms with Crippen LogP contribution >= 0.6 is 0 Å². The molecule has 1 aliphatic heterocycles. The minimum absolute atomic E-state index is 0.0729. The monoisotopic (exact) mass is 223 g/mol. The fourth-order valence-electron chi connectivity index (χ4n) is 2.12. The molecular weight excluding hydrogens is 210 g/mol. The van der Waals surface area contributed by atoms with Crippen LogP contribution in [0.25, 0.3) is 0 Å². The van der Waals surface area contributed by atoms with Crippen molar-refractivity contribution in [3.05, 3.63) is 65.2 Å². The molecular formula is C15H13NO. The van der Waals surface area contributed by atoms with Crippen LogP contribution in [0, 0.1) is 0 Å². The summed E-state index contributed by atoms with van der Waals surface area (Å²) in [6.45, 7) is 0.0729. The third kappa shape index (κ3) is 1.87. The lowest BCUT2D eigenvalue weighted by Gasteiger charge is -1.99. The fourth-order valence-corrected chi connectivity index (χ4v) is 2.12. The molecule has 2 heteroatoms. The van der Waals surface area contributed by atoms with Crippen molar-refractivity contribution in [2.45, 2.75) is 13.0 Å². The largest absolute Gasteiger partial charge is 0.392 e. The Bertz CT molecular complexity index is 573. The molecule has 0 spiro atoms. The van der Waals surface area contributed by atoms with E-state index in [4.69, 9.17) is 5.11 Å². The normalized spacial score (nSPS) is 13.4. The Kier molecular flexibility index (Phi) is 2.50. The first-order valence-corrected chi connectivity index (χ1v) is 5.72. The first-order valence-electron chi connectivity index (χ1n) is 5.72. The van der Waals surface area contributed by atoms with E-state index in [0.717, 1.165) is 23.4 Å². The van der Waals surface area contributed by atoms with E-state index < -0.39 is 0 Å². The zero-order valence-electron chi connectivity index (χ0n) is 9.43. The molecule has 0 unspecified atom stereocenters. The van der Waals surface area contributed by atoms with Crippen LogP contribution in [0.5, 0.6) is 0 Å². The number of nitrogens with zero attached hydrogens (tertiary/aromatic N) is 1. The second kappa shape index (κ2) is 4.15. The Morgan fingerprint density at radius 3 is 2.65 bits per heavy atom. The van der Waals surface area contributed by atoms with Gasteiger partial charge in [-0.25, -0.2) is 0 Å². The van der Waals surface area contributed by atoms with Crippen molar-refractivity contribution in [3.8, 4) is 0 Å². The third-order valence-corrected chi connectivity index (χ3v) is 3.05. The molecule has 1 N–H and O–H groups in total. The number of hydrogen-bond acceptors (Lipinski definition) is 2. The lowest BCUT2D eigenvalue weighted by Crippen LogP contribution is -1.99. The summed E-state index contributed by atoms with van der Waals surface area (Å²) in [5.41, 5.74) is 5.43. The maximum atomic E-state index is 9.10. The van der Waals surface area contributed by atoms with E-state index in [2.05, 4.69) is 23.2 Å². The summed E-state index contributed by atoms with van der Waals surface area (Å²) in [7, 11) is 0. The van der Waals surface area contributed by atoms with Gasteiger partial charge in [-0.3, -0.25) is 4.99 Å². The highest BCUT2D eigenvalue weighted by atomic mass is 16.3. The number of hydrogen-bond donors (Lipinski definition) is 1. The summed E-state index contributed by atoms with van der Waals surface area (Å²) in [4.78, 5) is 4.64. The highest BCUT2D eigenvalue weighted by Crippen LogP contribution is 2.29. The number of benzene rings is 2. The molecule has 1 aliphatic rings. The van der Waals surface area contributed by atoms with Crippen molar-refractivity contribution in [1.29, 1.82) is 0 Å². The van der Waals surface area contributed by atoms with E-state index in [1.165, 1.54) is 11.1 Å². The fraction of sp³-hybridized carbons (Fsp3) is 0.133. The van der Waals surface area contributed by atoms with E-state index in [0.29, 0.717) is 0 Å². The van der Waals surface area contributed by atoms with Crippen molar-refractivity contribution in [2.75, 3.05) is 0 Å². The van der Waals surface area contributed by atoms with Crippen LogP contribution in [0.3, 0.4) is 0 Å². The molecule has 1 heterocycles. The van der Waals surface area contributed by atoms with Gasteiger partial charge in [0.1, 0.15) is 0 Å². The predicted octanol–water partition coefficient (Wildman–Crippen LogP) is 2.86. The van der Waals surface area contributed by atoms with E-state index in [1.54, 1.807) is 0 Å². The molecule has 0 amide bonds. The van der Waals surface area contributed by atoms with Crippen molar-refractivity contribution in [2.24, 2.45) is 4.99 Å². The van der Waals surface area contributed by atoms with Crippen LogP contribution in [0.15, 0.2) is 53.5 Å². The van der Waals surface area contributed by atoms with Crippen molar-refractivity contribution in [1.82, 2.24) is 0 Å². The number of aliphatic hydroxyl groups excluding tert-OH is 1. The van der Waals surface area contributed by atoms with Gasteiger partial charge >= 0.3 is 0 Å². The van der Waals surface area contributed by atoms with E-state index in [1.807, 2.05) is 30.3 Å². The van der Waals surface area contributed by atoms with Crippen LogP contribution in [0.1, 0.15) is 16.7 Å². The summed E-state index contributed by atoms with van der Waals surface area (Å²) in [5.74, 6) is 0. The van der Waals surface area contributed by atoms with Crippen LogP contribution in [0.4, 0.5) is 5.69 Å². The molecule has 2 aromatic carbocycles. The molecule has 3 rings (SSSR count). The minimum Gasteiger partial charge on any atom is -0.392 e. The zero-order valence-corrected chi connectivity index (χ0v) is 9.43. The van der Waals surface area contributed by atoms with E-state index >= 15 is 0 Å². The number of aliphatic hydroxyl groups is 1. The molecule has 2 nitrogen and oxygen atoms in total. The third-order valence-electron chi connectivity index (χ3n) is 3.05. The quantitative estimate of drug-likeness (QED) is 0.834. The van der Waals surface area contributed by atoms with Crippen LogP contribution in [-0.2, 0) is 13.0 Å². The number of fused-ring (bicyclic) bond motifs is 1. The maximum Gasteiger partial charge on any atom is 0.0682 e. The molecule has 0 aromatic heterocycles. The summed E-state index contributed by atoms with van der Waals surface area (Å²) >= 11 is 0. The summed E-state index contributed by atoms with van der Waals surface area (Å²) < 4.78 is 0. The van der Waals surface area contributed by atoms with E-state index in [9.17, 15) is 0 Å². The minimum atomic E-state index is 0.0729. The lowest BCUT2D eigenvalue weighted by molar-refractivity contribution is 0.282. The Morgan fingerprint density at radius 1 is 1.06 bits per heavy atom. The van der Waals surface area contributed by atoms with Gasteiger partial charge in [0.25, 0.3) is 0 Å². The second-order valence-corrected chi connectivity index (χ2v) is 4.22. The maximum absolute atomic E-state index is 9.10. The Hall–Kier alpha value is -1.93. The molecule has 84 valence electrons. The van der Waals surface area contributed by atoms with Crippen LogP contribution in [-0.4, -0.2) is 10.8 Å². The Balaban J connectivity index is 1.98. The van der Waals surface area contributed by atoms with Crippen molar-refractivity contribution in [3.63, 3.8) is 0 Å². The molecule has 2 aromatic rings. The standard InChI is InChI=1S/C15H13NO/c17-10-11-6-7-13-9-15(16-14(13)8-11)12-4-2-1-3-5-12/h1-8,17H,9-10H2. The van der Waals surface area contributed by atoms with E-state index in [-0.39, 0.29) is 6.61 Å². The number of aliphatic imine (C=N–C) groups is 1. The smallest absolute Gasteiger partial charge is 0.0682 e. The molecule has 17 heavy (non-hydrogen) atoms. The number of rotatable bonds is 2. The highest BCUT2D eigenvalue weighted by Gasteiger charge is 2.15. The van der Waals surface area contributed by atoms with Gasteiger partial charge < -0.3 is 5.11 Å². The first-order chi connectivity index (χ1) is 8.36. The second-order valence-electron chi connectivity index (χ2n) is 4.22. The lowest BCUT2D eigenvalue weighted by atomic mass is 10.0. The van der Waals surface area contributed by atoms with Crippen molar-refractivity contribution < 1.29 is 5.11 Å². The molecule has 0 saturated heterocycles. The molecule has 0 bridgehead atoms. The molecule has 0 aliphatic carbocycles. The molecule has 0 fully saturated rings. The molecule has 0 saturated carbocycles. The Morgan fingerprint density at radius 2 is 1.88 bits per heavy atom. The van der Waals surface area contributed by atoms with Crippen molar-refractivity contribution >= 4 is 11.4 Å². The average Bonchev–Trinajstić information content (AvgIpc) is 2.82. The summed E-state index contributed by atoms with van der Waals surface area (Å²) in [6.07, 6.45) is 0.880. The van der Waals surface area contributed by atoms with Crippen LogP contribution < -0.4 is 0 Å². The van der Waals surface area contributed by atoms with Gasteiger partial charge in [-0.2, -0.15) is 0 Å². The predicted molar refractivity (Wildman–Crippen MR) is 68.7 cm³/mol. The van der Waals surface area contributed by atoms with Gasteiger partial charge in [0.05, 0.1) is 18.0 Å². The summed E-state index contributed by atoms with van der Waals surface area (Å²) in [5, 5.41) is 9.10. The van der Waals surface area contributed by atoms with Gasteiger partial charge in [0.2, 0.25) is 0 Å². The van der Waals surface area contributed by atoms with Gasteiger partial charge in [0.15, 0.2) is 0 Å². The van der Waals surface area contributed by atoms with Gasteiger partial charge in [-0.05, 0) is 22.8 Å². The zero-order chi connectivity index (χ0) is 11.7. The SMILES string of the molecule is OCc1ccc2c(c1)N=C(c1ccccc1)C2. The van der Waals surface area contributed by atoms with Gasteiger partial charge in [-0.1, -0.05) is 42.5 Å². The highest BCUT2D eigenvalue weighted by molar-refractivity contribution is 6.06. The van der Waals surface area contributed by atoms with Crippen LogP contribution in [0.2, 0.25) is 0 Å². The topological polar surface area (TPSA) is 32.6 Å². The molecule has 0 atom stereocenters. The van der Waals surface area contributed by atoms with Gasteiger partial charge in [0, 0.05) is 6.42 Å².